The molecule has 0 radical (unpaired) electrons. The Balaban J connectivity index is 1.86. The molecule has 3 atom stereocenters. The molecule has 2 saturated heterocycles. The van der Waals surface area contributed by atoms with E-state index >= 15 is 0 Å². The average molecular weight is 240 g/mol. The van der Waals surface area contributed by atoms with E-state index in [1.165, 1.54) is 6.42 Å². The lowest BCUT2D eigenvalue weighted by Crippen LogP contribution is -2.46. The second kappa shape index (κ2) is 5.83. The summed E-state index contributed by atoms with van der Waals surface area (Å²) in [5.41, 5.74) is 0. The van der Waals surface area contributed by atoms with Crippen LogP contribution in [0.2, 0.25) is 0 Å². The van der Waals surface area contributed by atoms with Crippen LogP contribution in [0.4, 0.5) is 0 Å². The molecular formula is C13H24N2O2. The first-order valence-corrected chi connectivity index (χ1v) is 6.79. The van der Waals surface area contributed by atoms with E-state index in [1.807, 2.05) is 18.9 Å². The van der Waals surface area contributed by atoms with Crippen LogP contribution in [0, 0.1) is 5.92 Å². The van der Waals surface area contributed by atoms with Crippen LogP contribution in [0.25, 0.3) is 0 Å². The molecule has 2 fully saturated rings. The minimum atomic E-state index is -0.168. The molecule has 2 aliphatic rings. The fourth-order valence-corrected chi connectivity index (χ4v) is 2.91. The van der Waals surface area contributed by atoms with E-state index in [1.54, 1.807) is 0 Å². The van der Waals surface area contributed by atoms with Crippen LogP contribution in [0.15, 0.2) is 0 Å². The van der Waals surface area contributed by atoms with Crippen molar-refractivity contribution in [2.45, 2.75) is 44.8 Å². The molecule has 2 heterocycles. The number of nitrogens with one attached hydrogen (secondary N) is 1. The van der Waals surface area contributed by atoms with Crippen molar-refractivity contribution in [3.05, 3.63) is 0 Å². The highest BCUT2D eigenvalue weighted by atomic mass is 16.5. The maximum Gasteiger partial charge on any atom is 0.251 e. The SMILES string of the molecule is CNCC1CCCN(C(=O)C2CCC(C)O2)C1. The number of amides is 1. The van der Waals surface area contributed by atoms with Gasteiger partial charge in [-0.05, 0) is 52.1 Å². The second-order valence-electron chi connectivity index (χ2n) is 5.36. The minimum Gasteiger partial charge on any atom is -0.365 e. The molecule has 0 aromatic carbocycles. The molecule has 3 unspecified atom stereocenters. The van der Waals surface area contributed by atoms with Crippen LogP contribution in [0.5, 0.6) is 0 Å². The second-order valence-corrected chi connectivity index (χ2v) is 5.36. The summed E-state index contributed by atoms with van der Waals surface area (Å²) in [6, 6.07) is 0. The van der Waals surface area contributed by atoms with E-state index in [4.69, 9.17) is 4.74 Å². The summed E-state index contributed by atoms with van der Waals surface area (Å²) >= 11 is 0. The zero-order valence-electron chi connectivity index (χ0n) is 10.9. The molecule has 98 valence electrons. The van der Waals surface area contributed by atoms with E-state index in [-0.39, 0.29) is 18.1 Å². The normalized spacial score (nSPS) is 34.0. The Hall–Kier alpha value is -0.610. The summed E-state index contributed by atoms with van der Waals surface area (Å²) in [4.78, 5) is 14.3. The van der Waals surface area contributed by atoms with Crippen LogP contribution < -0.4 is 5.32 Å². The third kappa shape index (κ3) is 3.19. The Morgan fingerprint density at radius 2 is 2.24 bits per heavy atom. The molecule has 0 spiro atoms. The van der Waals surface area contributed by atoms with Gasteiger partial charge >= 0.3 is 0 Å². The maximum atomic E-state index is 12.3. The monoisotopic (exact) mass is 240 g/mol. The van der Waals surface area contributed by atoms with Gasteiger partial charge in [0.25, 0.3) is 5.91 Å². The van der Waals surface area contributed by atoms with Gasteiger partial charge < -0.3 is 15.0 Å². The molecule has 0 aromatic heterocycles. The number of hydrogen-bond acceptors (Lipinski definition) is 3. The highest BCUT2D eigenvalue weighted by molar-refractivity contribution is 5.81. The van der Waals surface area contributed by atoms with Crippen molar-refractivity contribution in [3.8, 4) is 0 Å². The molecule has 4 nitrogen and oxygen atoms in total. The summed E-state index contributed by atoms with van der Waals surface area (Å²) in [7, 11) is 1.97. The first-order valence-electron chi connectivity index (χ1n) is 6.79. The Morgan fingerprint density at radius 1 is 1.41 bits per heavy atom. The van der Waals surface area contributed by atoms with E-state index in [0.29, 0.717) is 5.92 Å². The van der Waals surface area contributed by atoms with Crippen molar-refractivity contribution in [3.63, 3.8) is 0 Å². The summed E-state index contributed by atoms with van der Waals surface area (Å²) in [5, 5.41) is 3.20. The molecule has 1 amide bonds. The van der Waals surface area contributed by atoms with E-state index in [0.717, 1.165) is 38.9 Å². The summed E-state index contributed by atoms with van der Waals surface area (Å²) < 4.78 is 5.66. The van der Waals surface area contributed by atoms with Gasteiger partial charge in [-0.1, -0.05) is 0 Å². The fraction of sp³-hybridized carbons (Fsp3) is 0.923. The Bertz CT molecular complexity index is 268. The zero-order valence-corrected chi connectivity index (χ0v) is 10.9. The summed E-state index contributed by atoms with van der Waals surface area (Å²) in [5.74, 6) is 0.826. The highest BCUT2D eigenvalue weighted by Crippen LogP contribution is 2.23. The molecule has 17 heavy (non-hydrogen) atoms. The standard InChI is InChI=1S/C13H24N2O2/c1-10-5-6-12(17-10)13(16)15-7-3-4-11(9-15)8-14-2/h10-12,14H,3-9H2,1-2H3. The van der Waals surface area contributed by atoms with Gasteiger partial charge in [-0.25, -0.2) is 0 Å². The number of hydrogen-bond donors (Lipinski definition) is 1. The Labute approximate surface area is 104 Å². The van der Waals surface area contributed by atoms with Gasteiger partial charge in [0.1, 0.15) is 6.10 Å². The van der Waals surface area contributed by atoms with Crippen molar-refractivity contribution < 1.29 is 9.53 Å². The molecule has 4 heteroatoms. The first-order chi connectivity index (χ1) is 8.20. The van der Waals surface area contributed by atoms with Gasteiger partial charge in [0.05, 0.1) is 6.10 Å². The summed E-state index contributed by atoms with van der Waals surface area (Å²) in [6.45, 7) is 4.86. The Morgan fingerprint density at radius 3 is 2.88 bits per heavy atom. The van der Waals surface area contributed by atoms with Gasteiger partial charge in [0.15, 0.2) is 0 Å². The van der Waals surface area contributed by atoms with Gasteiger partial charge in [0.2, 0.25) is 0 Å². The van der Waals surface area contributed by atoms with Crippen LogP contribution in [-0.4, -0.2) is 49.7 Å². The maximum absolute atomic E-state index is 12.3. The molecule has 0 bridgehead atoms. The predicted octanol–water partition coefficient (Wildman–Crippen LogP) is 1.01. The van der Waals surface area contributed by atoms with Crippen molar-refractivity contribution in [2.24, 2.45) is 5.92 Å². The van der Waals surface area contributed by atoms with Crippen LogP contribution in [0.3, 0.4) is 0 Å². The van der Waals surface area contributed by atoms with Gasteiger partial charge in [-0.2, -0.15) is 0 Å². The lowest BCUT2D eigenvalue weighted by molar-refractivity contribution is -0.144. The number of carbonyl (C=O) groups excluding carboxylic acids is 1. The van der Waals surface area contributed by atoms with Crippen LogP contribution in [-0.2, 0) is 9.53 Å². The van der Waals surface area contributed by atoms with E-state index in [9.17, 15) is 4.79 Å². The van der Waals surface area contributed by atoms with Gasteiger partial charge in [-0.15, -0.1) is 0 Å². The molecule has 1 N–H and O–H groups in total. The number of ether oxygens (including phenoxy) is 1. The topological polar surface area (TPSA) is 41.6 Å². The lowest BCUT2D eigenvalue weighted by Gasteiger charge is -2.34. The van der Waals surface area contributed by atoms with Crippen molar-refractivity contribution in [2.75, 3.05) is 26.7 Å². The highest BCUT2D eigenvalue weighted by Gasteiger charge is 2.33. The zero-order chi connectivity index (χ0) is 12.3. The predicted molar refractivity (Wildman–Crippen MR) is 66.8 cm³/mol. The smallest absolute Gasteiger partial charge is 0.251 e. The number of likely N-dealkylation sites (tertiary alicyclic amines) is 1. The van der Waals surface area contributed by atoms with E-state index < -0.39 is 0 Å². The first kappa shape index (κ1) is 12.8. The Kier molecular flexibility index (Phi) is 4.40. The quantitative estimate of drug-likeness (QED) is 0.800. The molecule has 2 rings (SSSR count). The van der Waals surface area contributed by atoms with Crippen molar-refractivity contribution >= 4 is 5.91 Å². The third-order valence-electron chi connectivity index (χ3n) is 3.83. The number of nitrogens with zero attached hydrogens (tertiary/aromatic N) is 1. The van der Waals surface area contributed by atoms with Crippen molar-refractivity contribution in [1.29, 1.82) is 0 Å². The largest absolute Gasteiger partial charge is 0.365 e. The van der Waals surface area contributed by atoms with Gasteiger partial charge in [0, 0.05) is 13.1 Å². The number of rotatable bonds is 3. The third-order valence-corrected chi connectivity index (χ3v) is 3.83. The molecule has 0 saturated carbocycles. The average Bonchev–Trinajstić information content (AvgIpc) is 2.76. The number of piperidine rings is 1. The van der Waals surface area contributed by atoms with Crippen molar-refractivity contribution in [1.82, 2.24) is 10.2 Å². The molecular weight excluding hydrogens is 216 g/mol. The molecule has 0 aliphatic carbocycles. The van der Waals surface area contributed by atoms with Crippen LogP contribution in [0.1, 0.15) is 32.6 Å². The minimum absolute atomic E-state index is 0.168. The summed E-state index contributed by atoms with van der Waals surface area (Å²) in [6.07, 6.45) is 4.35. The molecule has 0 aromatic rings. The fourth-order valence-electron chi connectivity index (χ4n) is 2.91. The lowest BCUT2D eigenvalue weighted by atomic mass is 9.97. The molecule has 2 aliphatic heterocycles. The number of carbonyl (C=O) groups is 1. The van der Waals surface area contributed by atoms with E-state index in [2.05, 4.69) is 5.32 Å². The van der Waals surface area contributed by atoms with Crippen LogP contribution >= 0.6 is 0 Å². The van der Waals surface area contributed by atoms with Gasteiger partial charge in [-0.3, -0.25) is 4.79 Å².